The minimum absolute atomic E-state index is 0.0766. The van der Waals surface area contributed by atoms with Gasteiger partial charge >= 0.3 is 6.18 Å². The molecule has 0 saturated carbocycles. The van der Waals surface area contributed by atoms with Crippen LogP contribution in [0.5, 0.6) is 0 Å². The molecule has 2 aromatic carbocycles. The number of halogens is 3. The summed E-state index contributed by atoms with van der Waals surface area (Å²) in [4.78, 5) is 22.3. The molecule has 8 heteroatoms. The predicted octanol–water partition coefficient (Wildman–Crippen LogP) is 4.91. The molecule has 1 N–H and O–H groups in total. The molecule has 0 saturated heterocycles. The van der Waals surface area contributed by atoms with E-state index in [-0.39, 0.29) is 23.1 Å². The number of nitrogens with one attached hydrogen (secondary N) is 1. The van der Waals surface area contributed by atoms with Gasteiger partial charge in [0.05, 0.1) is 11.3 Å². The van der Waals surface area contributed by atoms with E-state index in [2.05, 4.69) is 15.3 Å². The van der Waals surface area contributed by atoms with Crippen LogP contribution in [0.2, 0.25) is 0 Å². The first-order chi connectivity index (χ1) is 13.4. The van der Waals surface area contributed by atoms with Crippen molar-refractivity contribution < 1.29 is 18.0 Å². The number of alkyl halides is 3. The van der Waals surface area contributed by atoms with E-state index in [9.17, 15) is 18.0 Å². The lowest BCUT2D eigenvalue weighted by molar-refractivity contribution is -0.136. The number of carbonyl (C=O) groups is 1. The molecular formula is C20H17F3N4O. The van der Waals surface area contributed by atoms with Gasteiger partial charge in [-0.05, 0) is 31.2 Å². The third kappa shape index (κ3) is 4.28. The maximum atomic E-state index is 13.2. The van der Waals surface area contributed by atoms with E-state index in [0.29, 0.717) is 12.2 Å². The second kappa shape index (κ2) is 8.08. The summed E-state index contributed by atoms with van der Waals surface area (Å²) in [5, 5.41) is 2.63. The Hall–Kier alpha value is -3.42. The zero-order chi connectivity index (χ0) is 20.1. The number of hydrogen-bond acceptors (Lipinski definition) is 4. The summed E-state index contributed by atoms with van der Waals surface area (Å²) in [5.41, 5.74) is -0.193. The Morgan fingerprint density at radius 3 is 2.39 bits per heavy atom. The van der Waals surface area contributed by atoms with Crippen molar-refractivity contribution in [2.24, 2.45) is 0 Å². The predicted molar refractivity (Wildman–Crippen MR) is 101 cm³/mol. The number of carbonyl (C=O) groups excluding carboxylic acids is 1. The molecule has 0 bridgehead atoms. The lowest BCUT2D eigenvalue weighted by Gasteiger charge is -2.20. The molecule has 1 amide bonds. The van der Waals surface area contributed by atoms with Crippen LogP contribution >= 0.6 is 0 Å². The van der Waals surface area contributed by atoms with Crippen molar-refractivity contribution in [3.63, 3.8) is 0 Å². The maximum Gasteiger partial charge on any atom is 0.418 e. The Kier molecular flexibility index (Phi) is 5.58. The van der Waals surface area contributed by atoms with Gasteiger partial charge < -0.3 is 10.2 Å². The smallest absolute Gasteiger partial charge is 0.340 e. The Morgan fingerprint density at radius 2 is 1.71 bits per heavy atom. The summed E-state index contributed by atoms with van der Waals surface area (Å²) >= 11 is 0. The zero-order valence-electron chi connectivity index (χ0n) is 14.9. The quantitative estimate of drug-likeness (QED) is 0.677. The van der Waals surface area contributed by atoms with Crippen molar-refractivity contribution in [2.45, 2.75) is 13.1 Å². The largest absolute Gasteiger partial charge is 0.418 e. The SMILES string of the molecule is CCN(C(=O)c1cc(Nc2ccccc2C(F)(F)F)ncn1)c1ccccc1. The molecule has 0 aliphatic carbocycles. The number of amides is 1. The van der Waals surface area contributed by atoms with Crippen molar-refractivity contribution in [3.8, 4) is 0 Å². The lowest BCUT2D eigenvalue weighted by atomic mass is 10.1. The Labute approximate surface area is 159 Å². The second-order valence-electron chi connectivity index (χ2n) is 5.84. The van der Waals surface area contributed by atoms with Crippen LogP contribution in [0.4, 0.5) is 30.4 Å². The van der Waals surface area contributed by atoms with E-state index in [1.54, 1.807) is 12.1 Å². The molecule has 3 aromatic rings. The number of hydrogen-bond donors (Lipinski definition) is 1. The van der Waals surface area contributed by atoms with Crippen molar-refractivity contribution in [2.75, 3.05) is 16.8 Å². The molecule has 3 rings (SSSR count). The van der Waals surface area contributed by atoms with Gasteiger partial charge in [-0.15, -0.1) is 0 Å². The van der Waals surface area contributed by atoms with E-state index in [4.69, 9.17) is 0 Å². The van der Waals surface area contributed by atoms with E-state index in [1.807, 2.05) is 25.1 Å². The lowest BCUT2D eigenvalue weighted by Crippen LogP contribution is -2.31. The molecule has 0 aliphatic heterocycles. The molecule has 1 aromatic heterocycles. The first-order valence-corrected chi connectivity index (χ1v) is 8.52. The van der Waals surface area contributed by atoms with Gasteiger partial charge in [0.1, 0.15) is 17.8 Å². The molecule has 144 valence electrons. The fraction of sp³-hybridized carbons (Fsp3) is 0.150. The van der Waals surface area contributed by atoms with Crippen LogP contribution in [-0.2, 0) is 6.18 Å². The summed E-state index contributed by atoms with van der Waals surface area (Å²) in [7, 11) is 0. The minimum Gasteiger partial charge on any atom is -0.340 e. The van der Waals surface area contributed by atoms with Gasteiger partial charge in [0.2, 0.25) is 0 Å². The highest BCUT2D eigenvalue weighted by molar-refractivity contribution is 6.05. The number of nitrogens with zero attached hydrogens (tertiary/aromatic N) is 3. The normalized spacial score (nSPS) is 11.1. The van der Waals surface area contributed by atoms with Crippen molar-refractivity contribution in [1.29, 1.82) is 0 Å². The molecule has 0 unspecified atom stereocenters. The number of anilines is 3. The molecule has 0 spiro atoms. The fourth-order valence-corrected chi connectivity index (χ4v) is 2.71. The summed E-state index contributed by atoms with van der Waals surface area (Å²) in [6.45, 7) is 2.23. The van der Waals surface area contributed by atoms with Gasteiger partial charge in [-0.3, -0.25) is 4.79 Å². The van der Waals surface area contributed by atoms with Gasteiger partial charge in [-0.1, -0.05) is 30.3 Å². The monoisotopic (exact) mass is 386 g/mol. The number of rotatable bonds is 5. The van der Waals surface area contributed by atoms with Crippen molar-refractivity contribution >= 4 is 23.1 Å². The Morgan fingerprint density at radius 1 is 1.04 bits per heavy atom. The van der Waals surface area contributed by atoms with Gasteiger partial charge in [0, 0.05) is 18.3 Å². The third-order valence-corrected chi connectivity index (χ3v) is 4.01. The van der Waals surface area contributed by atoms with E-state index < -0.39 is 11.7 Å². The Balaban J connectivity index is 1.88. The molecule has 0 radical (unpaired) electrons. The Bertz CT molecular complexity index is 961. The van der Waals surface area contributed by atoms with Crippen LogP contribution in [0.15, 0.2) is 67.0 Å². The van der Waals surface area contributed by atoms with E-state index >= 15 is 0 Å². The van der Waals surface area contributed by atoms with Gasteiger partial charge in [-0.25, -0.2) is 9.97 Å². The summed E-state index contributed by atoms with van der Waals surface area (Å²) < 4.78 is 39.5. The highest BCUT2D eigenvalue weighted by atomic mass is 19.4. The molecule has 0 atom stereocenters. The van der Waals surface area contributed by atoms with Crippen LogP contribution in [0.25, 0.3) is 0 Å². The first-order valence-electron chi connectivity index (χ1n) is 8.52. The molecule has 0 fully saturated rings. The molecule has 5 nitrogen and oxygen atoms in total. The minimum atomic E-state index is -4.51. The van der Waals surface area contributed by atoms with Gasteiger partial charge in [0.15, 0.2) is 0 Å². The van der Waals surface area contributed by atoms with Crippen molar-refractivity contribution in [3.05, 3.63) is 78.2 Å². The highest BCUT2D eigenvalue weighted by Gasteiger charge is 2.33. The topological polar surface area (TPSA) is 58.1 Å². The van der Waals surface area contributed by atoms with Crippen LogP contribution in [0, 0.1) is 0 Å². The second-order valence-corrected chi connectivity index (χ2v) is 5.84. The first kappa shape index (κ1) is 19.3. The average molecular weight is 386 g/mol. The number of benzene rings is 2. The maximum absolute atomic E-state index is 13.2. The van der Waals surface area contributed by atoms with Crippen molar-refractivity contribution in [1.82, 2.24) is 9.97 Å². The number of para-hydroxylation sites is 2. The summed E-state index contributed by atoms with van der Waals surface area (Å²) in [6.07, 6.45) is -3.37. The molecular weight excluding hydrogens is 369 g/mol. The van der Waals surface area contributed by atoms with Crippen LogP contribution < -0.4 is 10.2 Å². The third-order valence-electron chi connectivity index (χ3n) is 4.01. The van der Waals surface area contributed by atoms with Gasteiger partial charge in [0.25, 0.3) is 5.91 Å². The standard InChI is InChI=1S/C20H17F3N4O/c1-2-27(14-8-4-3-5-9-14)19(28)17-12-18(25-13-24-17)26-16-11-7-6-10-15(16)20(21,22)23/h3-13H,2H2,1H3,(H,24,25,26). The van der Waals surface area contributed by atoms with Crippen LogP contribution in [-0.4, -0.2) is 22.4 Å². The average Bonchev–Trinajstić information content (AvgIpc) is 2.69. The highest BCUT2D eigenvalue weighted by Crippen LogP contribution is 2.35. The molecule has 0 aliphatic rings. The summed E-state index contributed by atoms with van der Waals surface area (Å²) in [5.74, 6) is -0.276. The molecule has 1 heterocycles. The van der Waals surface area contributed by atoms with Crippen LogP contribution in [0.1, 0.15) is 23.0 Å². The fourth-order valence-electron chi connectivity index (χ4n) is 2.71. The summed E-state index contributed by atoms with van der Waals surface area (Å²) in [6, 6.07) is 15.5. The zero-order valence-corrected chi connectivity index (χ0v) is 14.9. The van der Waals surface area contributed by atoms with E-state index in [0.717, 1.165) is 12.4 Å². The van der Waals surface area contributed by atoms with E-state index in [1.165, 1.54) is 29.2 Å². The molecule has 28 heavy (non-hydrogen) atoms. The number of aromatic nitrogens is 2. The van der Waals surface area contributed by atoms with Crippen LogP contribution in [0.3, 0.4) is 0 Å². The van der Waals surface area contributed by atoms with Gasteiger partial charge in [-0.2, -0.15) is 13.2 Å².